The lowest BCUT2D eigenvalue weighted by Gasteiger charge is -2.21. The summed E-state index contributed by atoms with van der Waals surface area (Å²) in [7, 11) is 1.70. The Balaban J connectivity index is 3.54. The molecule has 0 spiro atoms. The van der Waals surface area contributed by atoms with E-state index < -0.39 is 5.60 Å². The highest BCUT2D eigenvalue weighted by Gasteiger charge is 2.15. The monoisotopic (exact) mass is 260 g/mol. The van der Waals surface area contributed by atoms with Gasteiger partial charge in [-0.1, -0.05) is 0 Å². The van der Waals surface area contributed by atoms with Crippen molar-refractivity contribution in [3.05, 3.63) is 0 Å². The number of hydrogen-bond donors (Lipinski definition) is 2. The first kappa shape index (κ1) is 17.2. The van der Waals surface area contributed by atoms with Gasteiger partial charge in [0.15, 0.2) is 0 Å². The number of hydrogen-bond acceptors (Lipinski definition) is 4. The SMILES string of the molecule is COC(C)C(C)NCCCNC(=O)OC(C)(C)C. The predicted octanol–water partition coefficient (Wildman–Crippen LogP) is 1.91. The maximum absolute atomic E-state index is 11.3. The molecular weight excluding hydrogens is 232 g/mol. The minimum atomic E-state index is -0.440. The quantitative estimate of drug-likeness (QED) is 0.687. The van der Waals surface area contributed by atoms with E-state index in [9.17, 15) is 4.79 Å². The Morgan fingerprint density at radius 3 is 2.33 bits per heavy atom. The van der Waals surface area contributed by atoms with Crippen molar-refractivity contribution >= 4 is 6.09 Å². The number of carbonyl (C=O) groups excluding carboxylic acids is 1. The molecule has 2 atom stereocenters. The summed E-state index contributed by atoms with van der Waals surface area (Å²) in [6.07, 6.45) is 0.685. The third-order valence-electron chi connectivity index (χ3n) is 2.56. The molecule has 0 fully saturated rings. The maximum Gasteiger partial charge on any atom is 0.407 e. The minimum absolute atomic E-state index is 0.184. The van der Waals surface area contributed by atoms with Crippen molar-refractivity contribution in [1.29, 1.82) is 0 Å². The molecule has 0 radical (unpaired) electrons. The summed E-state index contributed by atoms with van der Waals surface area (Å²) in [5.41, 5.74) is -0.440. The fraction of sp³-hybridized carbons (Fsp3) is 0.923. The van der Waals surface area contributed by atoms with Gasteiger partial charge in [0.25, 0.3) is 0 Å². The van der Waals surface area contributed by atoms with Crippen molar-refractivity contribution in [2.24, 2.45) is 0 Å². The number of carbonyl (C=O) groups is 1. The van der Waals surface area contributed by atoms with Crippen molar-refractivity contribution in [2.45, 2.75) is 58.8 Å². The van der Waals surface area contributed by atoms with Gasteiger partial charge in [0.1, 0.15) is 5.60 Å². The molecular formula is C13H28N2O3. The molecule has 0 aliphatic carbocycles. The van der Waals surface area contributed by atoms with Gasteiger partial charge < -0.3 is 20.1 Å². The molecule has 1 amide bonds. The minimum Gasteiger partial charge on any atom is -0.444 e. The smallest absolute Gasteiger partial charge is 0.407 e. The normalized spacial score (nSPS) is 15.0. The van der Waals surface area contributed by atoms with Crippen LogP contribution in [0.2, 0.25) is 0 Å². The molecule has 0 aliphatic heterocycles. The maximum atomic E-state index is 11.3. The van der Waals surface area contributed by atoms with Gasteiger partial charge in [0, 0.05) is 19.7 Å². The Morgan fingerprint density at radius 2 is 1.83 bits per heavy atom. The number of methoxy groups -OCH3 is 1. The molecule has 18 heavy (non-hydrogen) atoms. The van der Waals surface area contributed by atoms with Gasteiger partial charge in [-0.2, -0.15) is 0 Å². The lowest BCUT2D eigenvalue weighted by molar-refractivity contribution is 0.0526. The van der Waals surface area contributed by atoms with Crippen molar-refractivity contribution in [2.75, 3.05) is 20.2 Å². The summed E-state index contributed by atoms with van der Waals surface area (Å²) in [4.78, 5) is 11.3. The van der Waals surface area contributed by atoms with Gasteiger partial charge in [-0.05, 0) is 47.6 Å². The first-order valence-corrected chi connectivity index (χ1v) is 6.49. The van der Waals surface area contributed by atoms with E-state index in [2.05, 4.69) is 17.6 Å². The molecule has 0 saturated carbocycles. The molecule has 2 N–H and O–H groups in total. The fourth-order valence-electron chi connectivity index (χ4n) is 1.29. The van der Waals surface area contributed by atoms with Crippen LogP contribution in [0.5, 0.6) is 0 Å². The van der Waals surface area contributed by atoms with E-state index in [-0.39, 0.29) is 12.2 Å². The van der Waals surface area contributed by atoms with Gasteiger partial charge in [0.05, 0.1) is 6.10 Å². The lowest BCUT2D eigenvalue weighted by Crippen LogP contribution is -2.38. The standard InChI is InChI=1S/C13H28N2O3/c1-10(11(2)17-6)14-8-7-9-15-12(16)18-13(3,4)5/h10-11,14H,7-9H2,1-6H3,(H,15,16). The van der Waals surface area contributed by atoms with Crippen molar-refractivity contribution in [3.63, 3.8) is 0 Å². The Morgan fingerprint density at radius 1 is 1.22 bits per heavy atom. The van der Waals surface area contributed by atoms with Crippen molar-refractivity contribution in [1.82, 2.24) is 10.6 Å². The number of amides is 1. The number of alkyl carbamates (subject to hydrolysis) is 1. The van der Waals surface area contributed by atoms with E-state index in [1.165, 1.54) is 0 Å². The zero-order valence-corrected chi connectivity index (χ0v) is 12.5. The van der Waals surface area contributed by atoms with Crippen LogP contribution in [0.15, 0.2) is 0 Å². The van der Waals surface area contributed by atoms with Gasteiger partial charge in [0.2, 0.25) is 0 Å². The Labute approximate surface area is 111 Å². The van der Waals surface area contributed by atoms with Crippen molar-refractivity contribution in [3.8, 4) is 0 Å². The van der Waals surface area contributed by atoms with Gasteiger partial charge in [-0.25, -0.2) is 4.79 Å². The van der Waals surface area contributed by atoms with E-state index in [1.54, 1.807) is 7.11 Å². The van der Waals surface area contributed by atoms with Crippen LogP contribution in [0.3, 0.4) is 0 Å². The molecule has 5 heteroatoms. The molecule has 5 nitrogen and oxygen atoms in total. The predicted molar refractivity (Wildman–Crippen MR) is 72.8 cm³/mol. The molecule has 0 aromatic rings. The van der Waals surface area contributed by atoms with E-state index in [0.717, 1.165) is 13.0 Å². The molecule has 0 rings (SSSR count). The first-order chi connectivity index (χ1) is 8.26. The average Bonchev–Trinajstić information content (AvgIpc) is 2.24. The van der Waals surface area contributed by atoms with Crippen LogP contribution in [-0.4, -0.2) is 44.0 Å². The van der Waals surface area contributed by atoms with Crippen LogP contribution in [0.4, 0.5) is 4.79 Å². The highest BCUT2D eigenvalue weighted by Crippen LogP contribution is 2.06. The Hall–Kier alpha value is -0.810. The van der Waals surface area contributed by atoms with Gasteiger partial charge >= 0.3 is 6.09 Å². The van der Waals surface area contributed by atoms with Crippen molar-refractivity contribution < 1.29 is 14.3 Å². The van der Waals surface area contributed by atoms with E-state index >= 15 is 0 Å². The summed E-state index contributed by atoms with van der Waals surface area (Å²) in [5.74, 6) is 0. The molecule has 0 bridgehead atoms. The fourth-order valence-corrected chi connectivity index (χ4v) is 1.29. The van der Waals surface area contributed by atoms with Crippen LogP contribution in [-0.2, 0) is 9.47 Å². The molecule has 0 saturated heterocycles. The molecule has 0 aromatic heterocycles. The molecule has 108 valence electrons. The molecule has 0 aliphatic rings. The summed E-state index contributed by atoms with van der Waals surface area (Å²) in [6.45, 7) is 11.1. The van der Waals surface area contributed by atoms with Crippen LogP contribution in [0.25, 0.3) is 0 Å². The highest BCUT2D eigenvalue weighted by molar-refractivity contribution is 5.67. The average molecular weight is 260 g/mol. The van der Waals surface area contributed by atoms with Gasteiger partial charge in [-0.3, -0.25) is 0 Å². The number of rotatable bonds is 7. The topological polar surface area (TPSA) is 59.6 Å². The Kier molecular flexibility index (Phi) is 7.95. The summed E-state index contributed by atoms with van der Waals surface area (Å²) in [6, 6.07) is 0.302. The van der Waals surface area contributed by atoms with Crippen LogP contribution >= 0.6 is 0 Å². The molecule has 0 heterocycles. The zero-order valence-electron chi connectivity index (χ0n) is 12.5. The second-order valence-corrected chi connectivity index (χ2v) is 5.47. The summed E-state index contributed by atoms with van der Waals surface area (Å²) in [5, 5.41) is 6.06. The number of ether oxygens (including phenoxy) is 2. The van der Waals surface area contributed by atoms with E-state index in [4.69, 9.17) is 9.47 Å². The molecule has 0 aromatic carbocycles. The first-order valence-electron chi connectivity index (χ1n) is 6.49. The third kappa shape index (κ3) is 9.24. The van der Waals surface area contributed by atoms with E-state index in [0.29, 0.717) is 12.6 Å². The molecule has 2 unspecified atom stereocenters. The third-order valence-corrected chi connectivity index (χ3v) is 2.56. The lowest BCUT2D eigenvalue weighted by atomic mass is 10.2. The van der Waals surface area contributed by atoms with Gasteiger partial charge in [-0.15, -0.1) is 0 Å². The second kappa shape index (κ2) is 8.32. The highest BCUT2D eigenvalue weighted by atomic mass is 16.6. The van der Waals surface area contributed by atoms with E-state index in [1.807, 2.05) is 27.7 Å². The largest absolute Gasteiger partial charge is 0.444 e. The number of nitrogens with one attached hydrogen (secondary N) is 2. The van der Waals surface area contributed by atoms with Crippen LogP contribution in [0.1, 0.15) is 41.0 Å². The second-order valence-electron chi connectivity index (χ2n) is 5.47. The van der Waals surface area contributed by atoms with Crippen LogP contribution < -0.4 is 10.6 Å². The Bertz CT molecular complexity index is 239. The zero-order chi connectivity index (χ0) is 14.2. The summed E-state index contributed by atoms with van der Waals surface area (Å²) < 4.78 is 10.3. The summed E-state index contributed by atoms with van der Waals surface area (Å²) >= 11 is 0. The van der Waals surface area contributed by atoms with Crippen LogP contribution in [0, 0.1) is 0 Å².